The van der Waals surface area contributed by atoms with Crippen LogP contribution < -0.4 is 0 Å². The number of benzene rings is 1. The highest BCUT2D eigenvalue weighted by Crippen LogP contribution is 2.28. The van der Waals surface area contributed by atoms with E-state index in [0.29, 0.717) is 11.3 Å². The number of hydrogen-bond acceptors (Lipinski definition) is 5. The van der Waals surface area contributed by atoms with Crippen molar-refractivity contribution in [3.8, 4) is 11.3 Å². The van der Waals surface area contributed by atoms with E-state index in [2.05, 4.69) is 19.7 Å². The van der Waals surface area contributed by atoms with Gasteiger partial charge in [0.15, 0.2) is 11.6 Å². The number of nitrogens with zero attached hydrogens (tertiary/aromatic N) is 4. The topological polar surface area (TPSA) is 69.9 Å². The Morgan fingerprint density at radius 2 is 2.04 bits per heavy atom. The van der Waals surface area contributed by atoms with E-state index in [1.54, 1.807) is 17.6 Å². The molecule has 0 fully saturated rings. The molecular weight excluding hydrogens is 354 g/mol. The van der Waals surface area contributed by atoms with Gasteiger partial charge in [0.05, 0.1) is 25.2 Å². The van der Waals surface area contributed by atoms with Gasteiger partial charge in [0, 0.05) is 12.1 Å². The van der Waals surface area contributed by atoms with E-state index in [-0.39, 0.29) is 35.0 Å². The molecule has 2 heterocycles. The van der Waals surface area contributed by atoms with Gasteiger partial charge in [-0.15, -0.1) is 0 Å². The molecule has 2 aromatic heterocycles. The third kappa shape index (κ3) is 3.30. The lowest BCUT2D eigenvalue weighted by molar-refractivity contribution is -0.140. The number of hydrogen-bond donors (Lipinski definition) is 0. The van der Waals surface area contributed by atoms with Crippen molar-refractivity contribution in [2.24, 2.45) is 0 Å². The van der Waals surface area contributed by atoms with Crippen molar-refractivity contribution in [3.05, 3.63) is 41.1 Å². The van der Waals surface area contributed by atoms with E-state index in [9.17, 15) is 13.6 Å². The number of esters is 1. The molecule has 0 amide bonds. The zero-order valence-corrected chi connectivity index (χ0v) is 14.1. The van der Waals surface area contributed by atoms with Crippen molar-refractivity contribution >= 4 is 28.6 Å². The van der Waals surface area contributed by atoms with Gasteiger partial charge >= 0.3 is 5.97 Å². The van der Waals surface area contributed by atoms with Crippen LogP contribution in [0.25, 0.3) is 22.3 Å². The van der Waals surface area contributed by atoms with Gasteiger partial charge in [-0.2, -0.15) is 0 Å². The lowest BCUT2D eigenvalue weighted by Crippen LogP contribution is -2.08. The highest BCUT2D eigenvalue weighted by Gasteiger charge is 2.17. The summed E-state index contributed by atoms with van der Waals surface area (Å²) in [7, 11) is 1.29. The minimum atomic E-state index is -0.722. The quantitative estimate of drug-likeness (QED) is 0.523. The van der Waals surface area contributed by atoms with Crippen LogP contribution in [0.1, 0.15) is 12.2 Å². The van der Waals surface area contributed by atoms with Crippen LogP contribution in [-0.2, 0) is 16.1 Å². The average Bonchev–Trinajstić information content (AvgIpc) is 2.91. The summed E-state index contributed by atoms with van der Waals surface area (Å²) in [5.74, 6) is -1.22. The molecule has 0 radical (unpaired) electrons. The minimum Gasteiger partial charge on any atom is -0.469 e. The Hall–Kier alpha value is -2.61. The van der Waals surface area contributed by atoms with Crippen LogP contribution in [0, 0.1) is 18.6 Å². The number of methoxy groups -OCH3 is 1. The van der Waals surface area contributed by atoms with E-state index in [1.165, 1.54) is 7.11 Å². The number of aryl methyl sites for hydroxylation is 2. The Balaban J connectivity index is 2.14. The Morgan fingerprint density at radius 1 is 1.28 bits per heavy atom. The van der Waals surface area contributed by atoms with Gasteiger partial charge in [-0.05, 0) is 30.7 Å². The predicted octanol–water partition coefficient (Wildman–Crippen LogP) is 3.30. The molecule has 6 nitrogen and oxygen atoms in total. The van der Waals surface area contributed by atoms with Crippen LogP contribution in [0.3, 0.4) is 0 Å². The van der Waals surface area contributed by atoms with Crippen molar-refractivity contribution in [2.75, 3.05) is 7.11 Å². The summed E-state index contributed by atoms with van der Waals surface area (Å²) in [4.78, 5) is 22.9. The maximum absolute atomic E-state index is 14.5. The molecule has 0 saturated carbocycles. The van der Waals surface area contributed by atoms with Crippen molar-refractivity contribution in [1.82, 2.24) is 19.5 Å². The summed E-state index contributed by atoms with van der Waals surface area (Å²) in [6, 6.07) is 2.69. The molecule has 0 bridgehead atoms. The predicted molar refractivity (Wildman–Crippen MR) is 87.1 cm³/mol. The standard InChI is InChI=1S/C16H13ClF2N4O2/c1-8-21-15-10(18)5-9(14-11(19)7-20-16(17)22-14)6-12(15)23(8)4-3-13(24)25-2/h5-7H,3-4H2,1-2H3. The summed E-state index contributed by atoms with van der Waals surface area (Å²) in [6.45, 7) is 1.95. The Labute approximate surface area is 146 Å². The monoisotopic (exact) mass is 366 g/mol. The third-order valence-corrected chi connectivity index (χ3v) is 3.94. The number of imidazole rings is 1. The maximum atomic E-state index is 14.5. The number of ether oxygens (including phenoxy) is 1. The molecule has 0 unspecified atom stereocenters. The van der Waals surface area contributed by atoms with Crippen molar-refractivity contribution in [2.45, 2.75) is 19.9 Å². The largest absolute Gasteiger partial charge is 0.469 e. The van der Waals surface area contributed by atoms with Crippen LogP contribution in [0.2, 0.25) is 5.28 Å². The van der Waals surface area contributed by atoms with Gasteiger partial charge in [-0.3, -0.25) is 4.79 Å². The second kappa shape index (κ2) is 6.72. The SMILES string of the molecule is COC(=O)CCn1c(C)nc2c(F)cc(-c3nc(Cl)ncc3F)cc21. The normalized spacial score (nSPS) is 11.1. The molecule has 1 aromatic carbocycles. The Bertz CT molecular complexity index is 974. The first kappa shape index (κ1) is 17.2. The van der Waals surface area contributed by atoms with Gasteiger partial charge in [-0.25, -0.2) is 23.7 Å². The zero-order chi connectivity index (χ0) is 18.1. The van der Waals surface area contributed by atoms with E-state index in [0.717, 1.165) is 12.3 Å². The number of halogens is 3. The fourth-order valence-electron chi connectivity index (χ4n) is 2.57. The van der Waals surface area contributed by atoms with Gasteiger partial charge < -0.3 is 9.30 Å². The molecule has 0 N–H and O–H groups in total. The fourth-order valence-corrected chi connectivity index (χ4v) is 2.70. The molecule has 0 spiro atoms. The lowest BCUT2D eigenvalue weighted by Gasteiger charge is -2.08. The third-order valence-electron chi connectivity index (χ3n) is 3.75. The summed E-state index contributed by atoms with van der Waals surface area (Å²) in [5.41, 5.74) is 0.641. The number of rotatable bonds is 4. The van der Waals surface area contributed by atoms with E-state index in [1.807, 2.05) is 0 Å². The molecule has 0 atom stereocenters. The first-order valence-electron chi connectivity index (χ1n) is 7.32. The van der Waals surface area contributed by atoms with E-state index < -0.39 is 17.6 Å². The van der Waals surface area contributed by atoms with E-state index in [4.69, 9.17) is 11.6 Å². The van der Waals surface area contributed by atoms with Crippen LogP contribution in [-0.4, -0.2) is 32.6 Å². The summed E-state index contributed by atoms with van der Waals surface area (Å²) < 4.78 is 34.7. The molecule has 130 valence electrons. The molecular formula is C16H13ClF2N4O2. The smallest absolute Gasteiger partial charge is 0.307 e. The number of carbonyl (C=O) groups is 1. The molecule has 0 aliphatic carbocycles. The van der Waals surface area contributed by atoms with Crippen LogP contribution >= 0.6 is 11.6 Å². The molecule has 3 aromatic rings. The zero-order valence-electron chi connectivity index (χ0n) is 13.4. The highest BCUT2D eigenvalue weighted by molar-refractivity contribution is 6.28. The number of aromatic nitrogens is 4. The first-order valence-corrected chi connectivity index (χ1v) is 7.70. The minimum absolute atomic E-state index is 0.0995. The Kier molecular flexibility index (Phi) is 4.63. The van der Waals surface area contributed by atoms with Gasteiger partial charge in [-0.1, -0.05) is 0 Å². The van der Waals surface area contributed by atoms with Crippen molar-refractivity contribution in [1.29, 1.82) is 0 Å². The van der Waals surface area contributed by atoms with E-state index >= 15 is 0 Å². The van der Waals surface area contributed by atoms with Crippen LogP contribution in [0.4, 0.5) is 8.78 Å². The summed E-state index contributed by atoms with van der Waals surface area (Å²) >= 11 is 5.71. The lowest BCUT2D eigenvalue weighted by atomic mass is 10.1. The Morgan fingerprint density at radius 3 is 2.76 bits per heavy atom. The number of fused-ring (bicyclic) bond motifs is 1. The molecule has 0 saturated heterocycles. The van der Waals surface area contributed by atoms with Crippen molar-refractivity contribution < 1.29 is 18.3 Å². The van der Waals surface area contributed by atoms with Gasteiger partial charge in [0.2, 0.25) is 5.28 Å². The number of carbonyl (C=O) groups excluding carboxylic acids is 1. The van der Waals surface area contributed by atoms with Gasteiger partial charge in [0.25, 0.3) is 0 Å². The fraction of sp³-hybridized carbons (Fsp3) is 0.250. The molecule has 0 aliphatic heterocycles. The molecule has 0 aliphatic rings. The molecule has 3 rings (SSSR count). The maximum Gasteiger partial charge on any atom is 0.307 e. The first-order chi connectivity index (χ1) is 11.9. The molecule has 9 heteroatoms. The summed E-state index contributed by atoms with van der Waals surface area (Å²) in [5, 5.41) is -0.146. The highest BCUT2D eigenvalue weighted by atomic mass is 35.5. The van der Waals surface area contributed by atoms with Crippen LogP contribution in [0.15, 0.2) is 18.3 Å². The average molecular weight is 367 g/mol. The second-order valence-corrected chi connectivity index (χ2v) is 5.64. The summed E-state index contributed by atoms with van der Waals surface area (Å²) in [6.07, 6.45) is 1.02. The molecule has 25 heavy (non-hydrogen) atoms. The van der Waals surface area contributed by atoms with Crippen LogP contribution in [0.5, 0.6) is 0 Å². The van der Waals surface area contributed by atoms with Gasteiger partial charge in [0.1, 0.15) is 17.0 Å². The van der Waals surface area contributed by atoms with Crippen molar-refractivity contribution in [3.63, 3.8) is 0 Å². The second-order valence-electron chi connectivity index (χ2n) is 5.30.